The van der Waals surface area contributed by atoms with Gasteiger partial charge in [-0.15, -0.1) is 0 Å². The molecule has 1 heterocycles. The van der Waals surface area contributed by atoms with E-state index in [1.54, 1.807) is 18.2 Å². The second-order valence-corrected chi connectivity index (χ2v) is 6.89. The summed E-state index contributed by atoms with van der Waals surface area (Å²) in [6, 6.07) is 12.6. The third-order valence-corrected chi connectivity index (χ3v) is 4.92. The molecule has 0 aliphatic rings. The zero-order chi connectivity index (χ0) is 19.2. The first kappa shape index (κ1) is 19.0. The standard InChI is InChI=1S/C23H27NO3/c1-3-5-6-7-8-17-15-18(11-14-21(17)26)23-20(4-2)22(24-27-23)16-9-12-19(25)13-10-16/h9-15,25-26H,3-8H2,1-2H3. The van der Waals surface area contributed by atoms with Crippen LogP contribution in [0.4, 0.5) is 0 Å². The molecule has 2 aromatic carbocycles. The Bertz CT molecular complexity index is 881. The second kappa shape index (κ2) is 8.76. The van der Waals surface area contributed by atoms with Gasteiger partial charge in [-0.2, -0.15) is 0 Å². The number of phenols is 2. The lowest BCUT2D eigenvalue weighted by Gasteiger charge is -2.08. The van der Waals surface area contributed by atoms with Crippen molar-refractivity contribution >= 4 is 0 Å². The van der Waals surface area contributed by atoms with Crippen LogP contribution in [0.5, 0.6) is 11.5 Å². The zero-order valence-electron chi connectivity index (χ0n) is 16.0. The highest BCUT2D eigenvalue weighted by atomic mass is 16.5. The Morgan fingerprint density at radius 3 is 2.33 bits per heavy atom. The first-order valence-corrected chi connectivity index (χ1v) is 9.74. The quantitative estimate of drug-likeness (QED) is 0.473. The normalized spacial score (nSPS) is 11.0. The van der Waals surface area contributed by atoms with Crippen molar-refractivity contribution in [3.8, 4) is 34.1 Å². The van der Waals surface area contributed by atoms with Crippen molar-refractivity contribution in [3.05, 3.63) is 53.6 Å². The number of phenolic OH excluding ortho intramolecular Hbond substituents is 2. The fraction of sp³-hybridized carbons (Fsp3) is 0.348. The Hall–Kier alpha value is -2.75. The summed E-state index contributed by atoms with van der Waals surface area (Å²) in [7, 11) is 0. The number of benzene rings is 2. The summed E-state index contributed by atoms with van der Waals surface area (Å²) in [6.07, 6.45) is 6.30. The third-order valence-electron chi connectivity index (χ3n) is 4.92. The lowest BCUT2D eigenvalue weighted by Crippen LogP contribution is -1.91. The van der Waals surface area contributed by atoms with Crippen molar-refractivity contribution in [2.45, 2.75) is 52.4 Å². The molecule has 0 bridgehead atoms. The molecule has 0 aliphatic heterocycles. The van der Waals surface area contributed by atoms with Crippen LogP contribution in [-0.4, -0.2) is 15.4 Å². The van der Waals surface area contributed by atoms with Gasteiger partial charge in [-0.3, -0.25) is 0 Å². The molecule has 0 unspecified atom stereocenters. The van der Waals surface area contributed by atoms with Crippen LogP contribution in [0.15, 0.2) is 47.0 Å². The van der Waals surface area contributed by atoms with Crippen LogP contribution < -0.4 is 0 Å². The van der Waals surface area contributed by atoms with Gasteiger partial charge in [-0.25, -0.2) is 0 Å². The molecule has 3 rings (SSSR count). The Morgan fingerprint density at radius 1 is 0.889 bits per heavy atom. The van der Waals surface area contributed by atoms with Crippen molar-refractivity contribution in [1.29, 1.82) is 0 Å². The molecule has 0 aliphatic carbocycles. The molecule has 4 heteroatoms. The molecule has 0 saturated heterocycles. The molecule has 0 amide bonds. The highest BCUT2D eigenvalue weighted by Gasteiger charge is 2.18. The SMILES string of the molecule is CCCCCCc1cc(-c2onc(-c3ccc(O)cc3)c2CC)ccc1O. The summed E-state index contributed by atoms with van der Waals surface area (Å²) in [4.78, 5) is 0. The van der Waals surface area contributed by atoms with Gasteiger partial charge in [0.2, 0.25) is 0 Å². The minimum absolute atomic E-state index is 0.228. The Kier molecular flexibility index (Phi) is 6.17. The van der Waals surface area contributed by atoms with E-state index >= 15 is 0 Å². The van der Waals surface area contributed by atoms with Gasteiger partial charge in [0.15, 0.2) is 5.76 Å². The average molecular weight is 365 g/mol. The summed E-state index contributed by atoms with van der Waals surface area (Å²) >= 11 is 0. The average Bonchev–Trinajstić information content (AvgIpc) is 3.11. The van der Waals surface area contributed by atoms with E-state index in [4.69, 9.17) is 4.52 Å². The summed E-state index contributed by atoms with van der Waals surface area (Å²) in [5, 5.41) is 24.0. The Labute approximate surface area is 160 Å². The maximum atomic E-state index is 10.2. The Morgan fingerprint density at radius 2 is 1.63 bits per heavy atom. The number of aromatic hydroxyl groups is 2. The van der Waals surface area contributed by atoms with Gasteiger partial charge >= 0.3 is 0 Å². The maximum Gasteiger partial charge on any atom is 0.170 e. The van der Waals surface area contributed by atoms with Gasteiger partial charge < -0.3 is 14.7 Å². The third kappa shape index (κ3) is 4.33. The van der Waals surface area contributed by atoms with Crippen molar-refractivity contribution in [2.75, 3.05) is 0 Å². The largest absolute Gasteiger partial charge is 0.508 e. The minimum Gasteiger partial charge on any atom is -0.508 e. The van der Waals surface area contributed by atoms with E-state index < -0.39 is 0 Å². The highest BCUT2D eigenvalue weighted by molar-refractivity contribution is 5.73. The topological polar surface area (TPSA) is 66.5 Å². The van der Waals surface area contributed by atoms with Crippen LogP contribution >= 0.6 is 0 Å². The fourth-order valence-electron chi connectivity index (χ4n) is 3.38. The van der Waals surface area contributed by atoms with Crippen LogP contribution in [0.25, 0.3) is 22.6 Å². The van der Waals surface area contributed by atoms with E-state index in [2.05, 4.69) is 19.0 Å². The summed E-state index contributed by atoms with van der Waals surface area (Å²) in [5.74, 6) is 1.31. The molecule has 2 N–H and O–H groups in total. The van der Waals surface area contributed by atoms with E-state index in [1.807, 2.05) is 24.3 Å². The van der Waals surface area contributed by atoms with Crippen molar-refractivity contribution in [1.82, 2.24) is 5.16 Å². The molecule has 0 spiro atoms. The number of aromatic nitrogens is 1. The summed E-state index contributed by atoms with van der Waals surface area (Å²) in [5.41, 5.74) is 4.63. The fourth-order valence-corrected chi connectivity index (χ4v) is 3.38. The molecule has 4 nitrogen and oxygen atoms in total. The van der Waals surface area contributed by atoms with Crippen LogP contribution in [0.2, 0.25) is 0 Å². The number of aryl methyl sites for hydroxylation is 1. The van der Waals surface area contributed by atoms with Crippen molar-refractivity contribution in [2.24, 2.45) is 0 Å². The molecular weight excluding hydrogens is 338 g/mol. The predicted molar refractivity (Wildman–Crippen MR) is 108 cm³/mol. The number of nitrogens with zero attached hydrogens (tertiary/aromatic N) is 1. The number of rotatable bonds is 8. The number of hydrogen-bond acceptors (Lipinski definition) is 4. The smallest absolute Gasteiger partial charge is 0.170 e. The second-order valence-electron chi connectivity index (χ2n) is 6.89. The van der Waals surface area contributed by atoms with Gasteiger partial charge in [-0.1, -0.05) is 38.3 Å². The molecule has 0 radical (unpaired) electrons. The lowest BCUT2D eigenvalue weighted by molar-refractivity contribution is 0.433. The first-order chi connectivity index (χ1) is 13.1. The van der Waals surface area contributed by atoms with Gasteiger partial charge in [0, 0.05) is 16.7 Å². The molecule has 0 atom stereocenters. The predicted octanol–water partition coefficient (Wildman–Crippen LogP) is 6.11. The van der Waals surface area contributed by atoms with Gasteiger partial charge in [-0.05, 0) is 67.3 Å². The van der Waals surface area contributed by atoms with Crippen LogP contribution in [0, 0.1) is 0 Å². The molecule has 142 valence electrons. The van der Waals surface area contributed by atoms with Crippen molar-refractivity contribution in [3.63, 3.8) is 0 Å². The van der Waals surface area contributed by atoms with E-state index in [0.717, 1.165) is 53.0 Å². The minimum atomic E-state index is 0.228. The molecule has 1 aromatic heterocycles. The van der Waals surface area contributed by atoms with Crippen LogP contribution in [0.1, 0.15) is 50.7 Å². The highest BCUT2D eigenvalue weighted by Crippen LogP contribution is 2.35. The van der Waals surface area contributed by atoms with Crippen molar-refractivity contribution < 1.29 is 14.7 Å². The number of hydrogen-bond donors (Lipinski definition) is 2. The Balaban J connectivity index is 1.91. The summed E-state index contributed by atoms with van der Waals surface area (Å²) < 4.78 is 5.70. The van der Waals surface area contributed by atoms with E-state index in [9.17, 15) is 10.2 Å². The van der Waals surface area contributed by atoms with Gasteiger partial charge in [0.25, 0.3) is 0 Å². The lowest BCUT2D eigenvalue weighted by atomic mass is 9.97. The molecule has 0 fully saturated rings. The molecule has 0 saturated carbocycles. The van der Waals surface area contributed by atoms with Gasteiger partial charge in [0.05, 0.1) is 0 Å². The first-order valence-electron chi connectivity index (χ1n) is 9.74. The van der Waals surface area contributed by atoms with Gasteiger partial charge in [0.1, 0.15) is 17.2 Å². The molecule has 3 aromatic rings. The molecular formula is C23H27NO3. The number of unbranched alkanes of at least 4 members (excludes halogenated alkanes) is 3. The van der Waals surface area contributed by atoms with E-state index in [-0.39, 0.29) is 5.75 Å². The maximum absolute atomic E-state index is 10.2. The van der Waals surface area contributed by atoms with Crippen LogP contribution in [-0.2, 0) is 12.8 Å². The van der Waals surface area contributed by atoms with E-state index in [0.29, 0.717) is 5.75 Å². The zero-order valence-corrected chi connectivity index (χ0v) is 16.0. The van der Waals surface area contributed by atoms with Crippen LogP contribution in [0.3, 0.4) is 0 Å². The summed E-state index contributed by atoms with van der Waals surface area (Å²) in [6.45, 7) is 4.27. The molecule has 27 heavy (non-hydrogen) atoms. The van der Waals surface area contributed by atoms with E-state index in [1.165, 1.54) is 19.3 Å². The monoisotopic (exact) mass is 365 g/mol.